The number of thiophene rings is 1. The molecule has 0 bridgehead atoms. The first kappa shape index (κ1) is 16.0. The summed E-state index contributed by atoms with van der Waals surface area (Å²) in [5, 5.41) is 5.20. The largest absolute Gasteiger partial charge is 0.366 e. The zero-order valence-corrected chi connectivity index (χ0v) is 13.9. The van der Waals surface area contributed by atoms with Gasteiger partial charge < -0.3 is 11.1 Å². The minimum Gasteiger partial charge on any atom is -0.366 e. The van der Waals surface area contributed by atoms with Crippen molar-refractivity contribution >= 4 is 34.8 Å². The summed E-state index contributed by atoms with van der Waals surface area (Å²) in [6, 6.07) is 8.72. The Morgan fingerprint density at radius 3 is 2.91 bits per heavy atom. The van der Waals surface area contributed by atoms with Crippen LogP contribution >= 0.6 is 22.9 Å². The maximum atomic E-state index is 12.4. The summed E-state index contributed by atoms with van der Waals surface area (Å²) in [4.78, 5) is 26.7. The summed E-state index contributed by atoms with van der Waals surface area (Å²) in [5.74, 6) is -0.498. The molecule has 1 aliphatic rings. The van der Waals surface area contributed by atoms with Gasteiger partial charge in [0.15, 0.2) is 0 Å². The maximum absolute atomic E-state index is 12.4. The van der Waals surface area contributed by atoms with Gasteiger partial charge >= 0.3 is 0 Å². The summed E-state index contributed by atoms with van der Waals surface area (Å²) in [7, 11) is 0. The van der Waals surface area contributed by atoms with Crippen LogP contribution in [0.5, 0.6) is 0 Å². The summed E-state index contributed by atoms with van der Waals surface area (Å²) in [5.41, 5.74) is 6.58. The fourth-order valence-corrected chi connectivity index (χ4v) is 3.85. The average molecular weight is 350 g/mol. The number of amides is 2. The van der Waals surface area contributed by atoms with Crippen LogP contribution in [0.15, 0.2) is 35.7 Å². The van der Waals surface area contributed by atoms with Crippen molar-refractivity contribution in [2.45, 2.75) is 12.6 Å². The number of nitrogens with two attached hydrogens (primary N) is 1. The lowest BCUT2D eigenvalue weighted by atomic mass is 10.0. The SMILES string of the molecule is NC(=O)c1csc(CN2CCNC(=O)[C@H]2c2ccccc2Cl)c1. The topological polar surface area (TPSA) is 75.4 Å². The van der Waals surface area contributed by atoms with Crippen LogP contribution in [0.25, 0.3) is 0 Å². The third kappa shape index (κ3) is 3.39. The Hall–Kier alpha value is -1.89. The molecule has 0 spiro atoms. The van der Waals surface area contributed by atoms with Crippen LogP contribution in [0.4, 0.5) is 0 Å². The number of rotatable bonds is 4. The molecule has 120 valence electrons. The van der Waals surface area contributed by atoms with Crippen LogP contribution in [-0.4, -0.2) is 29.8 Å². The Balaban J connectivity index is 1.87. The molecule has 0 saturated carbocycles. The van der Waals surface area contributed by atoms with E-state index in [2.05, 4.69) is 10.2 Å². The molecule has 2 amide bonds. The molecule has 1 fully saturated rings. The van der Waals surface area contributed by atoms with Gasteiger partial charge in [-0.05, 0) is 17.7 Å². The highest BCUT2D eigenvalue weighted by atomic mass is 35.5. The number of primary amides is 1. The third-order valence-corrected chi connectivity index (χ3v) is 5.07. The molecular formula is C16H16ClN3O2S. The molecule has 3 N–H and O–H groups in total. The fraction of sp³-hybridized carbons (Fsp3) is 0.250. The highest BCUT2D eigenvalue weighted by Gasteiger charge is 2.32. The first-order chi connectivity index (χ1) is 11.1. The molecule has 3 rings (SSSR count). The molecule has 2 aromatic rings. The molecule has 0 radical (unpaired) electrons. The lowest BCUT2D eigenvalue weighted by Gasteiger charge is -2.35. The Labute approximate surface area is 143 Å². The van der Waals surface area contributed by atoms with E-state index in [4.69, 9.17) is 17.3 Å². The third-order valence-electron chi connectivity index (χ3n) is 3.81. The van der Waals surface area contributed by atoms with Gasteiger partial charge in [-0.25, -0.2) is 0 Å². The molecule has 23 heavy (non-hydrogen) atoms. The standard InChI is InChI=1S/C16H16ClN3O2S/c17-13-4-2-1-3-12(13)14-16(22)19-5-6-20(14)8-11-7-10(9-23-11)15(18)21/h1-4,7,9,14H,5-6,8H2,(H2,18,21)(H,19,22)/t14-/m1/s1. The first-order valence-corrected chi connectivity index (χ1v) is 8.45. The van der Waals surface area contributed by atoms with E-state index in [1.165, 1.54) is 11.3 Å². The Bertz CT molecular complexity index is 746. The van der Waals surface area contributed by atoms with E-state index in [1.54, 1.807) is 17.5 Å². The average Bonchev–Trinajstić information content (AvgIpc) is 2.98. The highest BCUT2D eigenvalue weighted by molar-refractivity contribution is 7.10. The molecule has 7 heteroatoms. The van der Waals surface area contributed by atoms with Gasteiger partial charge in [0, 0.05) is 34.9 Å². The molecule has 5 nitrogen and oxygen atoms in total. The number of carbonyl (C=O) groups is 2. The Morgan fingerprint density at radius 2 is 2.22 bits per heavy atom. The number of hydrogen-bond donors (Lipinski definition) is 2. The van der Waals surface area contributed by atoms with Crippen molar-refractivity contribution in [2.24, 2.45) is 5.73 Å². The normalized spacial score (nSPS) is 18.7. The monoisotopic (exact) mass is 349 g/mol. The Kier molecular flexibility index (Phi) is 4.66. The van der Waals surface area contributed by atoms with Crippen molar-refractivity contribution in [3.63, 3.8) is 0 Å². The van der Waals surface area contributed by atoms with Crippen molar-refractivity contribution in [1.82, 2.24) is 10.2 Å². The predicted molar refractivity (Wildman–Crippen MR) is 90.4 cm³/mol. The van der Waals surface area contributed by atoms with E-state index in [0.29, 0.717) is 30.2 Å². The van der Waals surface area contributed by atoms with Gasteiger partial charge in [-0.2, -0.15) is 0 Å². The minimum absolute atomic E-state index is 0.0592. The second kappa shape index (κ2) is 6.70. The number of halogens is 1. The van der Waals surface area contributed by atoms with E-state index in [-0.39, 0.29) is 5.91 Å². The van der Waals surface area contributed by atoms with Gasteiger partial charge in [0.05, 0.1) is 5.56 Å². The van der Waals surface area contributed by atoms with Crippen LogP contribution in [0.1, 0.15) is 26.8 Å². The van der Waals surface area contributed by atoms with E-state index in [0.717, 1.165) is 10.4 Å². The van der Waals surface area contributed by atoms with Crippen LogP contribution in [0, 0.1) is 0 Å². The quantitative estimate of drug-likeness (QED) is 0.888. The van der Waals surface area contributed by atoms with Crippen LogP contribution < -0.4 is 11.1 Å². The van der Waals surface area contributed by atoms with E-state index in [9.17, 15) is 9.59 Å². The Morgan fingerprint density at radius 1 is 1.43 bits per heavy atom. The van der Waals surface area contributed by atoms with Crippen molar-refractivity contribution in [1.29, 1.82) is 0 Å². The smallest absolute Gasteiger partial charge is 0.249 e. The lowest BCUT2D eigenvalue weighted by Crippen LogP contribution is -2.49. The number of piperazine rings is 1. The predicted octanol–water partition coefficient (Wildman–Crippen LogP) is 2.17. The summed E-state index contributed by atoms with van der Waals surface area (Å²) >= 11 is 7.74. The van der Waals surface area contributed by atoms with Gasteiger partial charge in [0.1, 0.15) is 6.04 Å². The number of hydrogen-bond acceptors (Lipinski definition) is 4. The summed E-state index contributed by atoms with van der Waals surface area (Å²) in [6.07, 6.45) is 0. The van der Waals surface area contributed by atoms with Gasteiger partial charge in [-0.3, -0.25) is 14.5 Å². The van der Waals surface area contributed by atoms with E-state index >= 15 is 0 Å². The molecule has 2 heterocycles. The molecule has 1 aliphatic heterocycles. The van der Waals surface area contributed by atoms with Crippen molar-refractivity contribution in [3.8, 4) is 0 Å². The number of nitrogens with zero attached hydrogens (tertiary/aromatic N) is 1. The highest BCUT2D eigenvalue weighted by Crippen LogP contribution is 2.31. The van der Waals surface area contributed by atoms with Gasteiger partial charge in [-0.1, -0.05) is 29.8 Å². The van der Waals surface area contributed by atoms with E-state index < -0.39 is 11.9 Å². The molecule has 1 saturated heterocycles. The van der Waals surface area contributed by atoms with Crippen LogP contribution in [0.2, 0.25) is 5.02 Å². The van der Waals surface area contributed by atoms with Crippen molar-refractivity contribution in [2.75, 3.05) is 13.1 Å². The van der Waals surface area contributed by atoms with Crippen LogP contribution in [0.3, 0.4) is 0 Å². The number of carbonyl (C=O) groups excluding carboxylic acids is 2. The van der Waals surface area contributed by atoms with Crippen molar-refractivity contribution < 1.29 is 9.59 Å². The zero-order valence-electron chi connectivity index (χ0n) is 12.3. The molecule has 0 unspecified atom stereocenters. The maximum Gasteiger partial charge on any atom is 0.249 e. The second-order valence-corrected chi connectivity index (χ2v) is 6.75. The van der Waals surface area contributed by atoms with Crippen LogP contribution in [-0.2, 0) is 11.3 Å². The van der Waals surface area contributed by atoms with Gasteiger partial charge in [-0.15, -0.1) is 11.3 Å². The number of benzene rings is 1. The number of nitrogens with one attached hydrogen (secondary N) is 1. The van der Waals surface area contributed by atoms with Gasteiger partial charge in [0.2, 0.25) is 11.8 Å². The first-order valence-electron chi connectivity index (χ1n) is 7.19. The minimum atomic E-state index is -0.438. The molecule has 1 aromatic carbocycles. The second-order valence-electron chi connectivity index (χ2n) is 5.35. The van der Waals surface area contributed by atoms with Gasteiger partial charge in [0.25, 0.3) is 0 Å². The summed E-state index contributed by atoms with van der Waals surface area (Å²) < 4.78 is 0. The zero-order chi connectivity index (χ0) is 16.4. The molecule has 0 aliphatic carbocycles. The fourth-order valence-electron chi connectivity index (χ4n) is 2.71. The molecule has 1 atom stereocenters. The lowest BCUT2D eigenvalue weighted by molar-refractivity contribution is -0.129. The summed E-state index contributed by atoms with van der Waals surface area (Å²) in [6.45, 7) is 1.88. The molecular weight excluding hydrogens is 334 g/mol. The van der Waals surface area contributed by atoms with Crippen molar-refractivity contribution in [3.05, 3.63) is 56.7 Å². The molecule has 1 aromatic heterocycles. The van der Waals surface area contributed by atoms with E-state index in [1.807, 2.05) is 18.2 Å².